The van der Waals surface area contributed by atoms with Crippen LogP contribution >= 0.6 is 0 Å². The van der Waals surface area contributed by atoms with Crippen LogP contribution in [-0.2, 0) is 9.47 Å². The van der Waals surface area contributed by atoms with Crippen LogP contribution in [0.3, 0.4) is 0 Å². The van der Waals surface area contributed by atoms with Gasteiger partial charge in [-0.1, -0.05) is 0 Å². The Morgan fingerprint density at radius 3 is 2.75 bits per heavy atom. The maximum absolute atomic E-state index is 12.5. The molecule has 2 saturated heterocycles. The van der Waals surface area contributed by atoms with Crippen LogP contribution in [0, 0.1) is 0 Å². The van der Waals surface area contributed by atoms with E-state index in [9.17, 15) is 4.79 Å². The van der Waals surface area contributed by atoms with Crippen molar-refractivity contribution >= 4 is 6.09 Å². The van der Waals surface area contributed by atoms with Gasteiger partial charge in [-0.15, -0.1) is 0 Å². The third kappa shape index (κ3) is 6.60. The summed E-state index contributed by atoms with van der Waals surface area (Å²) in [7, 11) is 0. The van der Waals surface area contributed by atoms with Crippen LogP contribution in [0.2, 0.25) is 0 Å². The van der Waals surface area contributed by atoms with E-state index in [0.29, 0.717) is 18.2 Å². The smallest absolute Gasteiger partial charge is 0.410 e. The average Bonchev–Trinajstić information content (AvgIpc) is 2.99. The first-order valence-electron chi connectivity index (χ1n) is 9.70. The van der Waals surface area contributed by atoms with Crippen molar-refractivity contribution in [3.8, 4) is 0 Å². The number of hydrogen-bond donors (Lipinski definition) is 1. The lowest BCUT2D eigenvalue weighted by atomic mass is 9.96. The molecule has 0 aromatic heterocycles. The van der Waals surface area contributed by atoms with Crippen molar-refractivity contribution in [2.45, 2.75) is 96.4 Å². The lowest BCUT2D eigenvalue weighted by Gasteiger charge is -2.38. The van der Waals surface area contributed by atoms with Crippen LogP contribution < -0.4 is 5.32 Å². The Kier molecular flexibility index (Phi) is 7.35. The molecule has 0 aliphatic carbocycles. The monoisotopic (exact) mass is 340 g/mol. The molecular formula is C19H36N2O3. The fraction of sp³-hybridized carbons (Fsp3) is 0.947. The molecule has 0 bridgehead atoms. The lowest BCUT2D eigenvalue weighted by Crippen LogP contribution is -2.48. The Hall–Kier alpha value is -0.810. The number of hydrogen-bond acceptors (Lipinski definition) is 4. The van der Waals surface area contributed by atoms with Gasteiger partial charge in [0.05, 0.1) is 6.10 Å². The number of nitrogens with zero attached hydrogens (tertiary/aromatic N) is 1. The Balaban J connectivity index is 1.75. The topological polar surface area (TPSA) is 50.8 Å². The Morgan fingerprint density at radius 1 is 1.29 bits per heavy atom. The summed E-state index contributed by atoms with van der Waals surface area (Å²) in [6, 6.07) is 0.693. The van der Waals surface area contributed by atoms with Crippen molar-refractivity contribution in [1.82, 2.24) is 10.2 Å². The van der Waals surface area contributed by atoms with Crippen LogP contribution in [0.4, 0.5) is 4.79 Å². The highest BCUT2D eigenvalue weighted by molar-refractivity contribution is 5.68. The van der Waals surface area contributed by atoms with Crippen LogP contribution in [-0.4, -0.2) is 54.5 Å². The first-order valence-corrected chi connectivity index (χ1v) is 9.70. The quantitative estimate of drug-likeness (QED) is 0.801. The number of amides is 1. The van der Waals surface area contributed by atoms with Crippen molar-refractivity contribution in [2.75, 3.05) is 19.7 Å². The highest BCUT2D eigenvalue weighted by Crippen LogP contribution is 2.23. The molecule has 5 nitrogen and oxygen atoms in total. The zero-order chi connectivity index (χ0) is 17.6. The summed E-state index contributed by atoms with van der Waals surface area (Å²) in [4.78, 5) is 14.4. The summed E-state index contributed by atoms with van der Waals surface area (Å²) < 4.78 is 11.3. The number of carbonyl (C=O) groups is 1. The van der Waals surface area contributed by atoms with E-state index in [2.05, 4.69) is 12.2 Å². The van der Waals surface area contributed by atoms with Gasteiger partial charge >= 0.3 is 6.09 Å². The molecule has 3 unspecified atom stereocenters. The number of piperidine rings is 1. The van der Waals surface area contributed by atoms with Crippen LogP contribution in [0.5, 0.6) is 0 Å². The molecule has 2 fully saturated rings. The fourth-order valence-electron chi connectivity index (χ4n) is 3.66. The normalized spacial score (nSPS) is 26.4. The second-order valence-corrected chi connectivity index (χ2v) is 8.34. The van der Waals surface area contributed by atoms with Gasteiger partial charge in [0.25, 0.3) is 0 Å². The minimum atomic E-state index is -0.426. The van der Waals surface area contributed by atoms with E-state index in [1.165, 1.54) is 19.3 Å². The number of nitrogens with one attached hydrogen (secondary N) is 1. The molecular weight excluding hydrogens is 304 g/mol. The van der Waals surface area contributed by atoms with Crippen molar-refractivity contribution < 1.29 is 14.3 Å². The molecule has 5 heteroatoms. The first-order chi connectivity index (χ1) is 11.3. The molecule has 0 spiro atoms. The summed E-state index contributed by atoms with van der Waals surface area (Å²) in [6.07, 6.45) is 8.13. The van der Waals surface area contributed by atoms with E-state index in [4.69, 9.17) is 9.47 Å². The summed E-state index contributed by atoms with van der Waals surface area (Å²) in [5.41, 5.74) is -0.426. The summed E-state index contributed by atoms with van der Waals surface area (Å²) in [6.45, 7) is 10.7. The van der Waals surface area contributed by atoms with E-state index in [1.807, 2.05) is 25.7 Å². The molecule has 24 heavy (non-hydrogen) atoms. The molecule has 1 amide bonds. The van der Waals surface area contributed by atoms with Crippen molar-refractivity contribution in [2.24, 2.45) is 0 Å². The maximum Gasteiger partial charge on any atom is 0.410 e. The van der Waals surface area contributed by atoms with Gasteiger partial charge in [-0.25, -0.2) is 4.79 Å². The fourth-order valence-corrected chi connectivity index (χ4v) is 3.66. The maximum atomic E-state index is 12.5. The molecule has 0 aromatic rings. The molecule has 0 saturated carbocycles. The van der Waals surface area contributed by atoms with E-state index < -0.39 is 5.60 Å². The van der Waals surface area contributed by atoms with Gasteiger partial charge in [-0.2, -0.15) is 0 Å². The molecule has 0 radical (unpaired) electrons. The summed E-state index contributed by atoms with van der Waals surface area (Å²) >= 11 is 0. The van der Waals surface area contributed by atoms with Crippen molar-refractivity contribution in [1.29, 1.82) is 0 Å². The van der Waals surface area contributed by atoms with E-state index in [-0.39, 0.29) is 6.09 Å². The number of ether oxygens (including phenoxy) is 2. The lowest BCUT2D eigenvalue weighted by molar-refractivity contribution is 0.00788. The average molecular weight is 341 g/mol. The Labute approximate surface area is 147 Å². The zero-order valence-electron chi connectivity index (χ0n) is 16.0. The standard InChI is InChI=1S/C19H36N2O3/c1-15(20-11-10-17-9-7-13-23-17)14-16-8-5-6-12-21(16)18(22)24-19(2,3)4/h15-17,20H,5-14H2,1-4H3. The van der Waals surface area contributed by atoms with Crippen LogP contribution in [0.25, 0.3) is 0 Å². The highest BCUT2D eigenvalue weighted by Gasteiger charge is 2.31. The van der Waals surface area contributed by atoms with Gasteiger partial charge in [0.2, 0.25) is 0 Å². The second kappa shape index (κ2) is 9.04. The van der Waals surface area contributed by atoms with Gasteiger partial charge < -0.3 is 19.7 Å². The van der Waals surface area contributed by atoms with Gasteiger partial charge in [0.15, 0.2) is 0 Å². The van der Waals surface area contributed by atoms with E-state index in [0.717, 1.165) is 45.4 Å². The molecule has 1 N–H and O–H groups in total. The van der Waals surface area contributed by atoms with Crippen molar-refractivity contribution in [3.63, 3.8) is 0 Å². The van der Waals surface area contributed by atoms with Crippen LogP contribution in [0.15, 0.2) is 0 Å². The molecule has 0 aromatic carbocycles. The highest BCUT2D eigenvalue weighted by atomic mass is 16.6. The van der Waals surface area contributed by atoms with Gasteiger partial charge in [0, 0.05) is 25.2 Å². The summed E-state index contributed by atoms with van der Waals surface area (Å²) in [5.74, 6) is 0. The zero-order valence-corrected chi connectivity index (χ0v) is 16.0. The number of carbonyl (C=O) groups excluding carboxylic acids is 1. The third-order valence-electron chi connectivity index (χ3n) is 4.86. The van der Waals surface area contributed by atoms with Gasteiger partial charge in [-0.05, 0) is 79.2 Å². The number of rotatable bonds is 6. The van der Waals surface area contributed by atoms with E-state index >= 15 is 0 Å². The minimum Gasteiger partial charge on any atom is -0.444 e. The predicted octanol–water partition coefficient (Wildman–Crippen LogP) is 3.71. The molecule has 2 aliphatic heterocycles. The molecule has 2 heterocycles. The predicted molar refractivity (Wildman–Crippen MR) is 96.3 cm³/mol. The second-order valence-electron chi connectivity index (χ2n) is 8.34. The number of likely N-dealkylation sites (tertiary alicyclic amines) is 1. The van der Waals surface area contributed by atoms with Gasteiger partial charge in [-0.3, -0.25) is 0 Å². The largest absolute Gasteiger partial charge is 0.444 e. The van der Waals surface area contributed by atoms with Gasteiger partial charge in [0.1, 0.15) is 5.60 Å². The molecule has 140 valence electrons. The first kappa shape index (κ1) is 19.5. The molecule has 2 rings (SSSR count). The minimum absolute atomic E-state index is 0.154. The van der Waals surface area contributed by atoms with Crippen LogP contribution in [0.1, 0.15) is 72.6 Å². The third-order valence-corrected chi connectivity index (χ3v) is 4.86. The SMILES string of the molecule is CC(CC1CCCCN1C(=O)OC(C)(C)C)NCCC1CCCO1. The molecule has 3 atom stereocenters. The van der Waals surface area contributed by atoms with Crippen molar-refractivity contribution in [3.05, 3.63) is 0 Å². The Morgan fingerprint density at radius 2 is 2.08 bits per heavy atom. The molecule has 2 aliphatic rings. The Bertz CT molecular complexity index is 389. The summed E-state index contributed by atoms with van der Waals surface area (Å²) in [5, 5.41) is 3.61. The van der Waals surface area contributed by atoms with E-state index in [1.54, 1.807) is 0 Å².